The monoisotopic (exact) mass is 411 g/mol. The third-order valence-corrected chi connectivity index (χ3v) is 6.85. The second kappa shape index (κ2) is 8.20. The number of fused-ring (bicyclic) bond motifs is 1. The van der Waals surface area contributed by atoms with E-state index in [0.29, 0.717) is 29.7 Å². The summed E-state index contributed by atoms with van der Waals surface area (Å²) < 4.78 is 6.97. The molecule has 1 aliphatic heterocycles. The van der Waals surface area contributed by atoms with E-state index in [1.165, 1.54) is 16.9 Å². The van der Waals surface area contributed by atoms with Crippen molar-refractivity contribution in [1.82, 2.24) is 14.3 Å². The SMILES string of the molecule is Cc1cccc2nc(COC(=O)[C@H]3CC(=O)N([C@H]4CCC[C@H](C)[C@@H]4C)C3)cc(=O)n12. The maximum Gasteiger partial charge on any atom is 0.311 e. The lowest BCUT2D eigenvalue weighted by Crippen LogP contribution is -2.45. The van der Waals surface area contributed by atoms with Crippen molar-refractivity contribution in [2.45, 2.75) is 59.1 Å². The highest BCUT2D eigenvalue weighted by atomic mass is 16.5. The first-order valence-corrected chi connectivity index (χ1v) is 10.8. The van der Waals surface area contributed by atoms with Gasteiger partial charge in [-0.05, 0) is 37.3 Å². The van der Waals surface area contributed by atoms with Gasteiger partial charge in [-0.2, -0.15) is 0 Å². The van der Waals surface area contributed by atoms with E-state index in [1.54, 1.807) is 6.07 Å². The van der Waals surface area contributed by atoms with Crippen molar-refractivity contribution in [2.75, 3.05) is 6.54 Å². The van der Waals surface area contributed by atoms with Crippen LogP contribution >= 0.6 is 0 Å². The molecule has 30 heavy (non-hydrogen) atoms. The fourth-order valence-electron chi connectivity index (χ4n) is 4.90. The van der Waals surface area contributed by atoms with E-state index >= 15 is 0 Å². The smallest absolute Gasteiger partial charge is 0.311 e. The van der Waals surface area contributed by atoms with E-state index < -0.39 is 11.9 Å². The number of pyridine rings is 1. The summed E-state index contributed by atoms with van der Waals surface area (Å²) in [5, 5.41) is 0. The zero-order valence-electron chi connectivity index (χ0n) is 17.8. The number of likely N-dealkylation sites (tertiary alicyclic amines) is 1. The molecule has 2 aromatic rings. The number of aryl methyl sites for hydroxylation is 1. The van der Waals surface area contributed by atoms with Gasteiger partial charge in [0.25, 0.3) is 5.56 Å². The van der Waals surface area contributed by atoms with Gasteiger partial charge in [-0.1, -0.05) is 32.8 Å². The van der Waals surface area contributed by atoms with Crippen LogP contribution in [0.3, 0.4) is 0 Å². The zero-order chi connectivity index (χ0) is 21.4. The number of amides is 1. The van der Waals surface area contributed by atoms with Gasteiger partial charge in [0.1, 0.15) is 12.3 Å². The average molecular weight is 412 g/mol. The Kier molecular flexibility index (Phi) is 5.62. The maximum atomic E-state index is 12.6. The highest BCUT2D eigenvalue weighted by Crippen LogP contribution is 2.35. The molecule has 1 amide bonds. The molecular formula is C23H29N3O4. The Balaban J connectivity index is 1.41. The normalized spacial score (nSPS) is 26.9. The summed E-state index contributed by atoms with van der Waals surface area (Å²) in [7, 11) is 0. The number of aromatic nitrogens is 2. The first kappa shape index (κ1) is 20.6. The van der Waals surface area contributed by atoms with Gasteiger partial charge in [0.05, 0.1) is 11.6 Å². The first-order valence-electron chi connectivity index (χ1n) is 10.8. The van der Waals surface area contributed by atoms with Crippen molar-refractivity contribution in [3.05, 3.63) is 46.0 Å². The molecule has 0 spiro atoms. The molecule has 3 heterocycles. The number of ether oxygens (including phenoxy) is 1. The molecular weight excluding hydrogens is 382 g/mol. The summed E-state index contributed by atoms with van der Waals surface area (Å²) in [5.74, 6) is 0.222. The Morgan fingerprint density at radius 3 is 2.83 bits per heavy atom. The molecule has 0 N–H and O–H groups in total. The van der Waals surface area contributed by atoms with Crippen molar-refractivity contribution < 1.29 is 14.3 Å². The lowest BCUT2D eigenvalue weighted by Gasteiger charge is -2.39. The van der Waals surface area contributed by atoms with Crippen molar-refractivity contribution in [1.29, 1.82) is 0 Å². The molecule has 0 aromatic carbocycles. The molecule has 1 aliphatic carbocycles. The minimum Gasteiger partial charge on any atom is -0.459 e. The third-order valence-electron chi connectivity index (χ3n) is 6.85. The van der Waals surface area contributed by atoms with Gasteiger partial charge < -0.3 is 9.64 Å². The number of carbonyl (C=O) groups excluding carboxylic acids is 2. The van der Waals surface area contributed by atoms with Gasteiger partial charge in [0.15, 0.2) is 0 Å². The zero-order valence-corrected chi connectivity index (χ0v) is 17.8. The van der Waals surface area contributed by atoms with Crippen LogP contribution < -0.4 is 5.56 Å². The van der Waals surface area contributed by atoms with Crippen molar-refractivity contribution in [3.8, 4) is 0 Å². The second-order valence-corrected chi connectivity index (χ2v) is 8.84. The van der Waals surface area contributed by atoms with E-state index in [4.69, 9.17) is 4.74 Å². The lowest BCUT2D eigenvalue weighted by molar-refractivity contribution is -0.149. The molecule has 0 bridgehead atoms. The third kappa shape index (κ3) is 3.85. The standard InChI is InChI=1S/C23H29N3O4/c1-14-6-4-8-19(16(14)3)25-12-17(10-21(25)27)23(29)30-13-18-11-22(28)26-15(2)7-5-9-20(26)24-18/h5,7,9,11,14,16-17,19H,4,6,8,10,12-13H2,1-3H3/t14-,16-,17-,19-/m0/s1. The summed E-state index contributed by atoms with van der Waals surface area (Å²) in [6.45, 7) is 6.64. The van der Waals surface area contributed by atoms with Crippen LogP contribution in [0.5, 0.6) is 0 Å². The van der Waals surface area contributed by atoms with Crippen LogP contribution in [0.25, 0.3) is 5.65 Å². The predicted molar refractivity (Wildman–Crippen MR) is 112 cm³/mol. The minimum atomic E-state index is -0.453. The maximum absolute atomic E-state index is 12.6. The quantitative estimate of drug-likeness (QED) is 0.723. The molecule has 7 heteroatoms. The number of hydrogen-bond acceptors (Lipinski definition) is 5. The topological polar surface area (TPSA) is 81.0 Å². The summed E-state index contributed by atoms with van der Waals surface area (Å²) in [6.07, 6.45) is 3.52. The molecule has 160 valence electrons. The molecule has 1 saturated heterocycles. The van der Waals surface area contributed by atoms with Gasteiger partial charge >= 0.3 is 5.97 Å². The number of hydrogen-bond donors (Lipinski definition) is 0. The average Bonchev–Trinajstić information content (AvgIpc) is 3.09. The van der Waals surface area contributed by atoms with Crippen LogP contribution in [-0.4, -0.2) is 38.7 Å². The van der Waals surface area contributed by atoms with Crippen LogP contribution in [0.2, 0.25) is 0 Å². The first-order chi connectivity index (χ1) is 14.3. The molecule has 4 atom stereocenters. The Bertz CT molecular complexity index is 1030. The van der Waals surface area contributed by atoms with E-state index in [-0.39, 0.29) is 30.5 Å². The molecule has 4 rings (SSSR count). The Morgan fingerprint density at radius 2 is 2.03 bits per heavy atom. The van der Waals surface area contributed by atoms with E-state index in [9.17, 15) is 14.4 Å². The lowest BCUT2D eigenvalue weighted by atomic mass is 9.77. The summed E-state index contributed by atoms with van der Waals surface area (Å²) >= 11 is 0. The minimum absolute atomic E-state index is 0.0421. The van der Waals surface area contributed by atoms with Gasteiger partial charge in [0.2, 0.25) is 5.91 Å². The fourth-order valence-corrected chi connectivity index (χ4v) is 4.90. The molecule has 1 saturated carbocycles. The molecule has 2 aromatic heterocycles. The van der Waals surface area contributed by atoms with E-state index in [0.717, 1.165) is 18.5 Å². The van der Waals surface area contributed by atoms with E-state index in [1.807, 2.05) is 24.0 Å². The molecule has 2 fully saturated rings. The number of carbonyl (C=O) groups is 2. The Hall–Kier alpha value is -2.70. The molecule has 0 radical (unpaired) electrons. The summed E-state index contributed by atoms with van der Waals surface area (Å²) in [4.78, 5) is 43.9. The van der Waals surface area contributed by atoms with Crippen LogP contribution in [0.1, 0.15) is 50.9 Å². The number of esters is 1. The highest BCUT2D eigenvalue weighted by molar-refractivity contribution is 5.87. The van der Waals surface area contributed by atoms with E-state index in [2.05, 4.69) is 18.8 Å². The van der Waals surface area contributed by atoms with Gasteiger partial charge in [-0.25, -0.2) is 4.98 Å². The largest absolute Gasteiger partial charge is 0.459 e. The van der Waals surface area contributed by atoms with Crippen LogP contribution in [0.4, 0.5) is 0 Å². The molecule has 0 unspecified atom stereocenters. The second-order valence-electron chi connectivity index (χ2n) is 8.84. The van der Waals surface area contributed by atoms with Crippen molar-refractivity contribution in [3.63, 3.8) is 0 Å². The molecule has 2 aliphatic rings. The number of nitrogens with zero attached hydrogens (tertiary/aromatic N) is 3. The van der Waals surface area contributed by atoms with Crippen LogP contribution in [0.15, 0.2) is 29.1 Å². The Morgan fingerprint density at radius 1 is 1.23 bits per heavy atom. The van der Waals surface area contributed by atoms with Gasteiger partial charge in [-0.15, -0.1) is 0 Å². The highest BCUT2D eigenvalue weighted by Gasteiger charge is 2.42. The van der Waals surface area contributed by atoms with Gasteiger partial charge in [0, 0.05) is 30.8 Å². The summed E-state index contributed by atoms with van der Waals surface area (Å²) in [6, 6.07) is 7.03. The number of rotatable bonds is 4. The van der Waals surface area contributed by atoms with Crippen molar-refractivity contribution in [2.24, 2.45) is 17.8 Å². The van der Waals surface area contributed by atoms with Crippen LogP contribution in [-0.2, 0) is 20.9 Å². The van der Waals surface area contributed by atoms with Gasteiger partial charge in [-0.3, -0.25) is 18.8 Å². The summed E-state index contributed by atoms with van der Waals surface area (Å²) in [5.41, 5.74) is 1.53. The fraction of sp³-hybridized carbons (Fsp3) is 0.565. The Labute approximate surface area is 176 Å². The van der Waals surface area contributed by atoms with Crippen LogP contribution in [0, 0.1) is 24.7 Å². The predicted octanol–water partition coefficient (Wildman–Crippen LogP) is 2.72. The molecule has 7 nitrogen and oxygen atoms in total. The van der Waals surface area contributed by atoms with Crippen molar-refractivity contribution >= 4 is 17.5 Å².